The lowest BCUT2D eigenvalue weighted by Crippen LogP contribution is -2.39. The molecule has 40 heavy (non-hydrogen) atoms. The van der Waals surface area contributed by atoms with Crippen LogP contribution in [-0.4, -0.2) is 61.4 Å². The minimum Gasteiger partial charge on any atom is -0.405 e. The Morgan fingerprint density at radius 3 is 2.35 bits per heavy atom. The fraction of sp³-hybridized carbons (Fsp3) is 0.346. The first-order valence-electron chi connectivity index (χ1n) is 12.1. The zero-order valence-electron chi connectivity index (χ0n) is 22.1. The highest BCUT2D eigenvalue weighted by Crippen LogP contribution is 2.27. The number of aryl methyl sites for hydroxylation is 2. The molecular weight excluding hydrogens is 569 g/mol. The fourth-order valence-corrected chi connectivity index (χ4v) is 5.17. The standard InChI is InChI=1S/C26H29F3N4O5S2/c1-18-24(25(35)31-40(36,37)32(2)3)30-22(39-18)17-33(15-9-12-19-10-5-4-6-11-19)23(34)16-20-13-7-8-14-21(20)38-26(27,28)29/h4-8,10-11,13-14H,9,12,15-17H2,1-3H3,(H,31,35). The molecule has 1 aromatic heterocycles. The van der Waals surface area contributed by atoms with Crippen molar-refractivity contribution < 1.29 is 35.9 Å². The van der Waals surface area contributed by atoms with Gasteiger partial charge in [0.2, 0.25) is 5.91 Å². The smallest absolute Gasteiger partial charge is 0.405 e. The minimum absolute atomic E-state index is 0.0187. The van der Waals surface area contributed by atoms with Crippen LogP contribution >= 0.6 is 11.3 Å². The highest BCUT2D eigenvalue weighted by molar-refractivity contribution is 7.87. The number of carbonyl (C=O) groups is 2. The summed E-state index contributed by atoms with van der Waals surface area (Å²) < 4.78 is 69.7. The third-order valence-corrected chi connectivity index (χ3v) is 8.07. The summed E-state index contributed by atoms with van der Waals surface area (Å²) in [6.45, 7) is 1.85. The molecule has 2 aromatic carbocycles. The molecule has 216 valence electrons. The summed E-state index contributed by atoms with van der Waals surface area (Å²) in [5.41, 5.74) is 1.04. The number of nitrogens with one attached hydrogen (secondary N) is 1. The fourth-order valence-electron chi connectivity index (χ4n) is 3.71. The van der Waals surface area contributed by atoms with Gasteiger partial charge in [-0.25, -0.2) is 9.71 Å². The molecule has 0 radical (unpaired) electrons. The van der Waals surface area contributed by atoms with E-state index in [0.717, 1.165) is 27.3 Å². The number of alkyl halides is 3. The molecule has 3 aromatic rings. The maximum atomic E-state index is 13.4. The van der Waals surface area contributed by atoms with Crippen LogP contribution in [0.4, 0.5) is 13.2 Å². The molecule has 2 amide bonds. The summed E-state index contributed by atoms with van der Waals surface area (Å²) in [7, 11) is -1.50. The molecule has 0 fully saturated rings. The Morgan fingerprint density at radius 1 is 1.05 bits per heavy atom. The first kappa shape index (κ1) is 31.0. The second-order valence-corrected chi connectivity index (χ2v) is 12.1. The van der Waals surface area contributed by atoms with Gasteiger partial charge in [0.15, 0.2) is 0 Å². The van der Waals surface area contributed by atoms with E-state index in [0.29, 0.717) is 22.7 Å². The van der Waals surface area contributed by atoms with Crippen molar-refractivity contribution in [3.8, 4) is 5.75 Å². The Hall–Kier alpha value is -3.49. The van der Waals surface area contributed by atoms with Crippen LogP contribution in [-0.2, 0) is 34.4 Å². The van der Waals surface area contributed by atoms with E-state index in [9.17, 15) is 31.2 Å². The van der Waals surface area contributed by atoms with Gasteiger partial charge in [-0.15, -0.1) is 24.5 Å². The number of hydrogen-bond acceptors (Lipinski definition) is 7. The van der Waals surface area contributed by atoms with E-state index in [1.165, 1.54) is 37.2 Å². The van der Waals surface area contributed by atoms with Crippen molar-refractivity contribution in [3.63, 3.8) is 0 Å². The second kappa shape index (κ2) is 13.2. The molecule has 0 saturated heterocycles. The van der Waals surface area contributed by atoms with Crippen LogP contribution in [0.25, 0.3) is 0 Å². The topological polar surface area (TPSA) is 109 Å². The van der Waals surface area contributed by atoms with Crippen LogP contribution in [0.15, 0.2) is 54.6 Å². The van der Waals surface area contributed by atoms with E-state index in [4.69, 9.17) is 0 Å². The van der Waals surface area contributed by atoms with Crippen LogP contribution in [0.3, 0.4) is 0 Å². The molecule has 0 atom stereocenters. The van der Waals surface area contributed by atoms with Crippen molar-refractivity contribution >= 4 is 33.4 Å². The van der Waals surface area contributed by atoms with Crippen LogP contribution in [0.5, 0.6) is 5.75 Å². The van der Waals surface area contributed by atoms with Gasteiger partial charge in [0.05, 0.1) is 13.0 Å². The van der Waals surface area contributed by atoms with Crippen molar-refractivity contribution in [2.75, 3.05) is 20.6 Å². The van der Waals surface area contributed by atoms with E-state index in [1.807, 2.05) is 35.1 Å². The average molecular weight is 599 g/mol. The Morgan fingerprint density at radius 2 is 1.70 bits per heavy atom. The summed E-state index contributed by atoms with van der Waals surface area (Å²) in [5, 5.41) is 0.373. The van der Waals surface area contributed by atoms with Crippen LogP contribution in [0, 0.1) is 6.92 Å². The summed E-state index contributed by atoms with van der Waals surface area (Å²) in [5.74, 6) is -1.83. The number of hydrogen-bond donors (Lipinski definition) is 1. The summed E-state index contributed by atoms with van der Waals surface area (Å²) in [4.78, 5) is 32.1. The van der Waals surface area contributed by atoms with Gasteiger partial charge < -0.3 is 9.64 Å². The number of carbonyl (C=O) groups excluding carboxylic acids is 2. The molecule has 1 N–H and O–H groups in total. The number of para-hydroxylation sites is 1. The Bertz CT molecular complexity index is 1430. The lowest BCUT2D eigenvalue weighted by Gasteiger charge is -2.23. The van der Waals surface area contributed by atoms with E-state index in [-0.39, 0.29) is 30.8 Å². The molecule has 0 spiro atoms. The van der Waals surface area contributed by atoms with Crippen molar-refractivity contribution in [2.24, 2.45) is 0 Å². The molecule has 0 aliphatic carbocycles. The van der Waals surface area contributed by atoms with Gasteiger partial charge in [0, 0.05) is 31.1 Å². The first-order valence-corrected chi connectivity index (χ1v) is 14.4. The molecule has 3 rings (SSSR count). The van der Waals surface area contributed by atoms with Gasteiger partial charge in [-0.2, -0.15) is 12.7 Å². The minimum atomic E-state index is -4.91. The molecule has 0 saturated carbocycles. The van der Waals surface area contributed by atoms with Crippen molar-refractivity contribution in [3.05, 3.63) is 81.3 Å². The van der Waals surface area contributed by atoms with E-state index in [2.05, 4.69) is 9.72 Å². The lowest BCUT2D eigenvalue weighted by atomic mass is 10.1. The Balaban J connectivity index is 1.81. The SMILES string of the molecule is Cc1sc(CN(CCCc2ccccc2)C(=O)Cc2ccccc2OC(F)(F)F)nc1C(=O)NS(=O)(=O)N(C)C. The lowest BCUT2D eigenvalue weighted by molar-refractivity contribution is -0.274. The molecule has 14 heteroatoms. The monoisotopic (exact) mass is 598 g/mol. The molecule has 0 bridgehead atoms. The van der Waals surface area contributed by atoms with E-state index in [1.54, 1.807) is 6.92 Å². The maximum absolute atomic E-state index is 13.4. The van der Waals surface area contributed by atoms with E-state index >= 15 is 0 Å². The summed E-state index contributed by atoms with van der Waals surface area (Å²) in [6.07, 6.45) is -4.04. The molecule has 0 aliphatic rings. The number of aromatic nitrogens is 1. The van der Waals surface area contributed by atoms with Crippen molar-refractivity contribution in [2.45, 2.75) is 39.1 Å². The van der Waals surface area contributed by atoms with E-state index < -0.39 is 34.1 Å². The van der Waals surface area contributed by atoms with Gasteiger partial charge in [-0.3, -0.25) is 9.59 Å². The number of benzene rings is 2. The maximum Gasteiger partial charge on any atom is 0.573 e. The molecular formula is C26H29F3N4O5S2. The van der Waals surface area contributed by atoms with Gasteiger partial charge in [-0.1, -0.05) is 48.5 Å². The molecule has 9 nitrogen and oxygen atoms in total. The van der Waals surface area contributed by atoms with Crippen LogP contribution in [0.2, 0.25) is 0 Å². The number of nitrogens with zero attached hydrogens (tertiary/aromatic N) is 3. The first-order chi connectivity index (χ1) is 18.7. The van der Waals surface area contributed by atoms with Gasteiger partial charge in [-0.05, 0) is 31.4 Å². The van der Waals surface area contributed by atoms with Crippen LogP contribution < -0.4 is 9.46 Å². The second-order valence-electron chi connectivity index (χ2n) is 8.97. The third kappa shape index (κ3) is 9.03. The van der Waals surface area contributed by atoms with Gasteiger partial charge in [0.25, 0.3) is 5.91 Å². The molecule has 0 unspecified atom stereocenters. The van der Waals surface area contributed by atoms with Crippen molar-refractivity contribution in [1.29, 1.82) is 0 Å². The number of ether oxygens (including phenoxy) is 1. The van der Waals surface area contributed by atoms with Crippen LogP contribution in [0.1, 0.15) is 37.9 Å². The largest absolute Gasteiger partial charge is 0.573 e. The van der Waals surface area contributed by atoms with Gasteiger partial charge >= 0.3 is 16.6 Å². The number of halogens is 3. The Kier molecular flexibility index (Phi) is 10.3. The zero-order chi connectivity index (χ0) is 29.5. The molecule has 0 aliphatic heterocycles. The summed E-state index contributed by atoms with van der Waals surface area (Å²) in [6, 6.07) is 15.0. The third-order valence-electron chi connectivity index (χ3n) is 5.71. The predicted molar refractivity (Wildman–Crippen MR) is 144 cm³/mol. The quantitative estimate of drug-likeness (QED) is 0.337. The van der Waals surface area contributed by atoms with Crippen molar-refractivity contribution in [1.82, 2.24) is 18.9 Å². The Labute approximate surface area is 234 Å². The number of thiazole rings is 1. The predicted octanol–water partition coefficient (Wildman–Crippen LogP) is 4.09. The summed E-state index contributed by atoms with van der Waals surface area (Å²) >= 11 is 1.12. The van der Waals surface area contributed by atoms with Gasteiger partial charge in [0.1, 0.15) is 16.5 Å². The average Bonchev–Trinajstić information content (AvgIpc) is 3.24. The zero-order valence-corrected chi connectivity index (χ0v) is 23.7. The molecule has 1 heterocycles. The normalized spacial score (nSPS) is 11.9. The highest BCUT2D eigenvalue weighted by Gasteiger charge is 2.32. The highest BCUT2D eigenvalue weighted by atomic mass is 32.2. The number of rotatable bonds is 12. The number of amides is 2.